The van der Waals surface area contributed by atoms with Gasteiger partial charge >= 0.3 is 6.18 Å². The molecule has 1 aromatic carbocycles. The first kappa shape index (κ1) is 20.1. The molecule has 0 bridgehead atoms. The third-order valence-electron chi connectivity index (χ3n) is 4.75. The molecule has 2 heterocycles. The predicted molar refractivity (Wildman–Crippen MR) is 97.2 cm³/mol. The summed E-state index contributed by atoms with van der Waals surface area (Å²) in [5, 5.41) is 6.09. The van der Waals surface area contributed by atoms with Gasteiger partial charge in [0, 0.05) is 39.3 Å². The van der Waals surface area contributed by atoms with Crippen LogP contribution >= 0.6 is 0 Å². The van der Waals surface area contributed by atoms with Gasteiger partial charge in [0.1, 0.15) is 0 Å². The van der Waals surface area contributed by atoms with E-state index in [0.29, 0.717) is 30.1 Å². The summed E-state index contributed by atoms with van der Waals surface area (Å²) in [5.74, 6) is -0.233. The molecule has 0 aliphatic carbocycles. The van der Waals surface area contributed by atoms with E-state index in [9.17, 15) is 22.8 Å². The van der Waals surface area contributed by atoms with Crippen LogP contribution in [0.15, 0.2) is 29.3 Å². The maximum atomic E-state index is 12.5. The normalized spacial score (nSPS) is 20.6. The number of nitrogens with zero attached hydrogens (tertiary/aromatic N) is 3. The molecule has 2 N–H and O–H groups in total. The van der Waals surface area contributed by atoms with E-state index in [1.165, 1.54) is 9.80 Å². The second-order valence-corrected chi connectivity index (χ2v) is 6.79. The zero-order chi connectivity index (χ0) is 20.3. The molecule has 0 saturated carbocycles. The molecule has 7 nitrogen and oxygen atoms in total. The van der Waals surface area contributed by atoms with E-state index in [-0.39, 0.29) is 37.5 Å². The molecule has 28 heavy (non-hydrogen) atoms. The smallest absolute Gasteiger partial charge is 0.355 e. The highest BCUT2D eigenvalue weighted by molar-refractivity contribution is 6.21. The fourth-order valence-corrected chi connectivity index (χ4v) is 3.46. The first-order chi connectivity index (χ1) is 13.3. The summed E-state index contributed by atoms with van der Waals surface area (Å²) in [6.45, 7) is 0.167. The van der Waals surface area contributed by atoms with Crippen LogP contribution in [0, 0.1) is 0 Å². The van der Waals surface area contributed by atoms with Gasteiger partial charge in [-0.2, -0.15) is 13.2 Å². The maximum Gasteiger partial charge on any atom is 0.401 e. The number of nitrogens with one attached hydrogen (secondary N) is 2. The molecule has 1 unspecified atom stereocenters. The third kappa shape index (κ3) is 4.61. The van der Waals surface area contributed by atoms with Crippen molar-refractivity contribution >= 4 is 17.8 Å². The Kier molecular flexibility index (Phi) is 5.87. The lowest BCUT2D eigenvalue weighted by molar-refractivity contribution is -0.143. The second-order valence-electron chi connectivity index (χ2n) is 6.79. The zero-order valence-electron chi connectivity index (χ0n) is 15.4. The Morgan fingerprint density at radius 3 is 2.43 bits per heavy atom. The van der Waals surface area contributed by atoms with Crippen LogP contribution in [-0.2, 0) is 0 Å². The number of amides is 2. The monoisotopic (exact) mass is 397 g/mol. The van der Waals surface area contributed by atoms with E-state index in [4.69, 9.17) is 0 Å². The summed E-state index contributed by atoms with van der Waals surface area (Å²) in [7, 11) is 1.56. The molecule has 0 radical (unpaired) electrons. The fraction of sp³-hybridized carbons (Fsp3) is 0.500. The molecule has 0 spiro atoms. The fourth-order valence-electron chi connectivity index (χ4n) is 3.46. The van der Waals surface area contributed by atoms with Crippen molar-refractivity contribution in [2.75, 3.05) is 39.8 Å². The average Bonchev–Trinajstić information content (AvgIpc) is 3.17. The van der Waals surface area contributed by atoms with Gasteiger partial charge in [0.25, 0.3) is 11.8 Å². The highest BCUT2D eigenvalue weighted by Crippen LogP contribution is 2.22. The number of alkyl halides is 3. The van der Waals surface area contributed by atoms with Crippen LogP contribution in [0.5, 0.6) is 0 Å². The number of carbonyl (C=O) groups is 2. The Labute approximate surface area is 160 Å². The summed E-state index contributed by atoms with van der Waals surface area (Å²) >= 11 is 0. The lowest BCUT2D eigenvalue weighted by Gasteiger charge is -2.20. The minimum Gasteiger partial charge on any atom is -0.355 e. The number of hydrogen-bond acceptors (Lipinski definition) is 4. The second kappa shape index (κ2) is 8.17. The van der Waals surface area contributed by atoms with Gasteiger partial charge in [-0.25, -0.2) is 0 Å². The molecule has 1 fully saturated rings. The molecule has 2 aliphatic rings. The molecule has 2 amide bonds. The molecule has 152 valence electrons. The van der Waals surface area contributed by atoms with Gasteiger partial charge in [-0.05, 0) is 18.6 Å². The largest absolute Gasteiger partial charge is 0.401 e. The number of carbonyl (C=O) groups excluding carboxylic acids is 2. The number of guanidine groups is 1. The van der Waals surface area contributed by atoms with E-state index in [1.54, 1.807) is 31.3 Å². The lowest BCUT2D eigenvalue weighted by Crippen LogP contribution is -2.47. The Morgan fingerprint density at radius 2 is 1.86 bits per heavy atom. The van der Waals surface area contributed by atoms with E-state index < -0.39 is 12.7 Å². The van der Waals surface area contributed by atoms with Crippen LogP contribution in [0.4, 0.5) is 13.2 Å². The number of aliphatic imine (C=N–C) groups is 1. The molecule has 3 rings (SSSR count). The van der Waals surface area contributed by atoms with Crippen molar-refractivity contribution in [1.29, 1.82) is 0 Å². The number of imide groups is 1. The van der Waals surface area contributed by atoms with Crippen molar-refractivity contribution < 1.29 is 22.8 Å². The van der Waals surface area contributed by atoms with E-state index in [1.807, 2.05) is 0 Å². The van der Waals surface area contributed by atoms with Crippen LogP contribution in [0.3, 0.4) is 0 Å². The van der Waals surface area contributed by atoms with Crippen molar-refractivity contribution in [1.82, 2.24) is 20.4 Å². The van der Waals surface area contributed by atoms with Crippen LogP contribution in [-0.4, -0.2) is 79.6 Å². The number of hydrogen-bond donors (Lipinski definition) is 2. The number of rotatable bonds is 5. The van der Waals surface area contributed by atoms with Crippen LogP contribution in [0.25, 0.3) is 0 Å². The van der Waals surface area contributed by atoms with Crippen LogP contribution in [0.1, 0.15) is 27.1 Å². The summed E-state index contributed by atoms with van der Waals surface area (Å²) in [6, 6.07) is 6.52. The molecule has 0 aromatic heterocycles. The van der Waals surface area contributed by atoms with Crippen molar-refractivity contribution in [3.63, 3.8) is 0 Å². The van der Waals surface area contributed by atoms with E-state index in [0.717, 1.165) is 0 Å². The standard InChI is InChI=1S/C18H22F3N5O2/c1-22-17(24-12-6-8-25(10-12)11-18(19,20)21)23-7-9-26-15(27)13-4-2-3-5-14(13)16(26)28/h2-5,12H,6-11H2,1H3,(H2,22,23,24). The van der Waals surface area contributed by atoms with Crippen LogP contribution < -0.4 is 10.6 Å². The molecule has 1 saturated heterocycles. The molecule has 1 atom stereocenters. The van der Waals surface area contributed by atoms with Gasteiger partial charge in [0.05, 0.1) is 17.7 Å². The molecule has 2 aliphatic heterocycles. The molecular formula is C18H22F3N5O2. The predicted octanol–water partition coefficient (Wildman–Crippen LogP) is 1.08. The van der Waals surface area contributed by atoms with Crippen molar-refractivity contribution in [2.24, 2.45) is 4.99 Å². The molecular weight excluding hydrogens is 375 g/mol. The van der Waals surface area contributed by atoms with Gasteiger partial charge in [-0.1, -0.05) is 12.1 Å². The Morgan fingerprint density at radius 1 is 1.21 bits per heavy atom. The SMILES string of the molecule is CN=C(NCCN1C(=O)c2ccccc2C1=O)NC1CCN(CC(F)(F)F)C1. The minimum absolute atomic E-state index is 0.146. The van der Waals surface area contributed by atoms with Crippen molar-refractivity contribution in [3.8, 4) is 0 Å². The molecule has 1 aromatic rings. The summed E-state index contributed by atoms with van der Waals surface area (Å²) < 4.78 is 37.4. The topological polar surface area (TPSA) is 77.0 Å². The maximum absolute atomic E-state index is 12.5. The minimum atomic E-state index is -4.21. The van der Waals surface area contributed by atoms with Gasteiger partial charge in [0.15, 0.2) is 5.96 Å². The number of fused-ring (bicyclic) bond motifs is 1. The number of likely N-dealkylation sites (tertiary alicyclic amines) is 1. The lowest BCUT2D eigenvalue weighted by atomic mass is 10.1. The summed E-state index contributed by atoms with van der Waals surface area (Å²) in [6.07, 6.45) is -3.63. The van der Waals surface area contributed by atoms with Gasteiger partial charge in [-0.3, -0.25) is 24.4 Å². The number of halogens is 3. The summed E-state index contributed by atoms with van der Waals surface area (Å²) in [4.78, 5) is 31.2. The Hall–Kier alpha value is -2.62. The van der Waals surface area contributed by atoms with Crippen molar-refractivity contribution in [3.05, 3.63) is 35.4 Å². The van der Waals surface area contributed by atoms with E-state index >= 15 is 0 Å². The highest BCUT2D eigenvalue weighted by Gasteiger charge is 2.35. The van der Waals surface area contributed by atoms with Crippen molar-refractivity contribution in [2.45, 2.75) is 18.6 Å². The zero-order valence-corrected chi connectivity index (χ0v) is 15.4. The van der Waals surface area contributed by atoms with Crippen LogP contribution in [0.2, 0.25) is 0 Å². The third-order valence-corrected chi connectivity index (χ3v) is 4.75. The molecule has 10 heteroatoms. The average molecular weight is 397 g/mol. The number of benzene rings is 1. The highest BCUT2D eigenvalue weighted by atomic mass is 19.4. The first-order valence-electron chi connectivity index (χ1n) is 9.00. The van der Waals surface area contributed by atoms with Gasteiger partial charge < -0.3 is 10.6 Å². The Balaban J connectivity index is 1.46. The van der Waals surface area contributed by atoms with Gasteiger partial charge in [0.2, 0.25) is 0 Å². The van der Waals surface area contributed by atoms with Gasteiger partial charge in [-0.15, -0.1) is 0 Å². The quantitative estimate of drug-likeness (QED) is 0.442. The Bertz CT molecular complexity index is 746. The first-order valence-corrected chi connectivity index (χ1v) is 9.00. The summed E-state index contributed by atoms with van der Waals surface area (Å²) in [5.41, 5.74) is 0.788. The van der Waals surface area contributed by atoms with E-state index in [2.05, 4.69) is 15.6 Å².